The van der Waals surface area contributed by atoms with Gasteiger partial charge in [0.05, 0.1) is 24.4 Å². The molecule has 0 spiro atoms. The van der Waals surface area contributed by atoms with E-state index in [0.717, 1.165) is 49.7 Å². The van der Waals surface area contributed by atoms with Crippen molar-refractivity contribution in [2.24, 2.45) is 5.41 Å². The average Bonchev–Trinajstić information content (AvgIpc) is 3.14. The van der Waals surface area contributed by atoms with Crippen LogP contribution in [-0.4, -0.2) is 34.6 Å². The van der Waals surface area contributed by atoms with Crippen molar-refractivity contribution in [3.05, 3.63) is 36.0 Å². The highest BCUT2D eigenvalue weighted by molar-refractivity contribution is 5.14. The molecule has 3 heteroatoms. The second-order valence-corrected chi connectivity index (χ2v) is 7.84. The summed E-state index contributed by atoms with van der Waals surface area (Å²) in [5.74, 6) is 0. The third-order valence-corrected chi connectivity index (χ3v) is 5.42. The molecular weight excluding hydrogens is 288 g/mol. The summed E-state index contributed by atoms with van der Waals surface area (Å²) in [4.78, 5) is 0. The standard InChI is InChI=1S/C20H32O3/c1-15(2)17(22)9-13-19(3)10-5-11-20(4)18(23-20)7-6-16(14-21)8-12-19/h5,8,10,17-18,21-22H,1,6-7,9,11-14H2,2-4H3/b10-5+,16-8+/t17-,18+,19-,20+/m1/s1. The number of fused-ring (bicyclic) bond motifs is 1. The Balaban J connectivity index is 2.10. The monoisotopic (exact) mass is 320 g/mol. The van der Waals surface area contributed by atoms with Crippen LogP contribution in [0.5, 0.6) is 0 Å². The fourth-order valence-corrected chi connectivity index (χ4v) is 3.32. The van der Waals surface area contributed by atoms with Crippen LogP contribution < -0.4 is 0 Å². The molecule has 0 bridgehead atoms. The third-order valence-electron chi connectivity index (χ3n) is 5.42. The first-order chi connectivity index (χ1) is 10.8. The number of epoxide rings is 1. The van der Waals surface area contributed by atoms with Crippen molar-refractivity contribution in [1.82, 2.24) is 0 Å². The topological polar surface area (TPSA) is 53.0 Å². The molecule has 2 rings (SSSR count). The summed E-state index contributed by atoms with van der Waals surface area (Å²) >= 11 is 0. The van der Waals surface area contributed by atoms with Gasteiger partial charge in [-0.05, 0) is 63.4 Å². The summed E-state index contributed by atoms with van der Waals surface area (Å²) in [7, 11) is 0. The third kappa shape index (κ3) is 5.03. The van der Waals surface area contributed by atoms with Gasteiger partial charge >= 0.3 is 0 Å². The molecule has 2 N–H and O–H groups in total. The van der Waals surface area contributed by atoms with Gasteiger partial charge in [-0.2, -0.15) is 0 Å². The minimum absolute atomic E-state index is 0.0120. The fourth-order valence-electron chi connectivity index (χ4n) is 3.32. The van der Waals surface area contributed by atoms with E-state index in [-0.39, 0.29) is 17.6 Å². The molecule has 1 heterocycles. The Morgan fingerprint density at radius 2 is 2.17 bits per heavy atom. The van der Waals surface area contributed by atoms with E-state index in [4.69, 9.17) is 4.74 Å². The van der Waals surface area contributed by atoms with E-state index < -0.39 is 6.10 Å². The molecule has 1 saturated heterocycles. The minimum atomic E-state index is -0.437. The van der Waals surface area contributed by atoms with Gasteiger partial charge < -0.3 is 14.9 Å². The van der Waals surface area contributed by atoms with Crippen molar-refractivity contribution in [2.45, 2.75) is 77.1 Å². The Morgan fingerprint density at radius 1 is 1.43 bits per heavy atom. The number of hydrogen-bond donors (Lipinski definition) is 2. The molecule has 0 aromatic rings. The largest absolute Gasteiger partial charge is 0.392 e. The molecule has 23 heavy (non-hydrogen) atoms. The Labute approximate surface area is 140 Å². The van der Waals surface area contributed by atoms with Crippen molar-refractivity contribution in [1.29, 1.82) is 0 Å². The van der Waals surface area contributed by atoms with Crippen LogP contribution in [0.1, 0.15) is 59.3 Å². The van der Waals surface area contributed by atoms with E-state index >= 15 is 0 Å². The lowest BCUT2D eigenvalue weighted by Gasteiger charge is -2.27. The SMILES string of the molecule is C=C(C)[C@H](O)CC[C@]1(C)/C=C/C[C@]2(C)O[C@H]2CC/C(CO)=C\C1. The lowest BCUT2D eigenvalue weighted by atomic mass is 9.79. The number of hydrogen-bond acceptors (Lipinski definition) is 3. The highest BCUT2D eigenvalue weighted by Crippen LogP contribution is 2.44. The molecule has 0 aromatic heterocycles. The molecule has 4 atom stereocenters. The summed E-state index contributed by atoms with van der Waals surface area (Å²) < 4.78 is 5.86. The highest BCUT2D eigenvalue weighted by Gasteiger charge is 2.50. The van der Waals surface area contributed by atoms with Crippen LogP contribution in [0.25, 0.3) is 0 Å². The van der Waals surface area contributed by atoms with Crippen molar-refractivity contribution in [3.63, 3.8) is 0 Å². The molecule has 0 radical (unpaired) electrons. The Bertz CT molecular complexity index is 493. The molecule has 2 aliphatic rings. The van der Waals surface area contributed by atoms with Gasteiger partial charge in [-0.15, -0.1) is 0 Å². The molecule has 0 aromatic carbocycles. The molecule has 3 nitrogen and oxygen atoms in total. The fraction of sp³-hybridized carbons (Fsp3) is 0.700. The van der Waals surface area contributed by atoms with Gasteiger partial charge in [0.25, 0.3) is 0 Å². The molecule has 1 aliphatic carbocycles. The van der Waals surface area contributed by atoms with E-state index in [1.54, 1.807) is 0 Å². The summed E-state index contributed by atoms with van der Waals surface area (Å²) in [6, 6.07) is 0. The van der Waals surface area contributed by atoms with Crippen LogP contribution in [-0.2, 0) is 4.74 Å². The minimum Gasteiger partial charge on any atom is -0.392 e. The van der Waals surface area contributed by atoms with Crippen molar-refractivity contribution >= 4 is 0 Å². The number of aliphatic hydroxyl groups is 2. The molecule has 0 amide bonds. The van der Waals surface area contributed by atoms with Crippen LogP contribution in [0.4, 0.5) is 0 Å². The van der Waals surface area contributed by atoms with Crippen LogP contribution >= 0.6 is 0 Å². The molecular formula is C20H32O3. The van der Waals surface area contributed by atoms with Gasteiger partial charge in [0.1, 0.15) is 0 Å². The van der Waals surface area contributed by atoms with Crippen molar-refractivity contribution in [3.8, 4) is 0 Å². The molecule has 0 unspecified atom stereocenters. The maximum Gasteiger partial charge on any atom is 0.0954 e. The smallest absolute Gasteiger partial charge is 0.0954 e. The first-order valence-electron chi connectivity index (χ1n) is 8.76. The Kier molecular flexibility index (Phi) is 5.88. The lowest BCUT2D eigenvalue weighted by molar-refractivity contribution is 0.180. The predicted molar refractivity (Wildman–Crippen MR) is 94.2 cm³/mol. The molecule has 1 aliphatic heterocycles. The van der Waals surface area contributed by atoms with Gasteiger partial charge in [-0.1, -0.05) is 37.3 Å². The summed E-state index contributed by atoms with van der Waals surface area (Å²) in [5, 5.41) is 19.6. The lowest BCUT2D eigenvalue weighted by Crippen LogP contribution is -2.18. The second-order valence-electron chi connectivity index (χ2n) is 7.84. The van der Waals surface area contributed by atoms with Crippen LogP contribution in [0.3, 0.4) is 0 Å². The number of ether oxygens (including phenoxy) is 1. The molecule has 130 valence electrons. The zero-order valence-electron chi connectivity index (χ0n) is 14.8. The summed E-state index contributed by atoms with van der Waals surface area (Å²) in [6.45, 7) is 10.2. The van der Waals surface area contributed by atoms with Crippen LogP contribution in [0, 0.1) is 5.41 Å². The Hall–Kier alpha value is -0.900. The highest BCUT2D eigenvalue weighted by atomic mass is 16.6. The van der Waals surface area contributed by atoms with Gasteiger partial charge in [-0.25, -0.2) is 0 Å². The Morgan fingerprint density at radius 3 is 2.83 bits per heavy atom. The molecule has 0 saturated carbocycles. The van der Waals surface area contributed by atoms with Gasteiger partial charge in [0, 0.05) is 0 Å². The number of aliphatic hydroxyl groups excluding tert-OH is 2. The second kappa shape index (κ2) is 7.33. The first kappa shape index (κ1) is 18.4. The summed E-state index contributed by atoms with van der Waals surface area (Å²) in [5.41, 5.74) is 1.88. The zero-order valence-corrected chi connectivity index (χ0v) is 14.8. The van der Waals surface area contributed by atoms with Crippen LogP contribution in [0.2, 0.25) is 0 Å². The van der Waals surface area contributed by atoms with Crippen molar-refractivity contribution in [2.75, 3.05) is 6.61 Å². The van der Waals surface area contributed by atoms with Crippen LogP contribution in [0.15, 0.2) is 36.0 Å². The first-order valence-corrected chi connectivity index (χ1v) is 8.76. The van der Waals surface area contributed by atoms with Crippen molar-refractivity contribution < 1.29 is 14.9 Å². The van der Waals surface area contributed by atoms with E-state index in [2.05, 4.69) is 38.7 Å². The maximum atomic E-state index is 10.0. The normalized spacial score (nSPS) is 39.3. The number of rotatable bonds is 5. The van der Waals surface area contributed by atoms with E-state index in [9.17, 15) is 10.2 Å². The average molecular weight is 320 g/mol. The molecule has 1 fully saturated rings. The summed E-state index contributed by atoms with van der Waals surface area (Å²) in [6.07, 6.45) is 11.9. The zero-order chi connectivity index (χ0) is 17.1. The van der Waals surface area contributed by atoms with E-state index in [0.29, 0.717) is 6.10 Å². The predicted octanol–water partition coefficient (Wildman–Crippen LogP) is 3.92. The van der Waals surface area contributed by atoms with E-state index in [1.807, 2.05) is 6.92 Å². The van der Waals surface area contributed by atoms with E-state index in [1.165, 1.54) is 0 Å². The number of allylic oxidation sites excluding steroid dienone is 2. The van der Waals surface area contributed by atoms with Gasteiger partial charge in [-0.3, -0.25) is 0 Å². The van der Waals surface area contributed by atoms with Gasteiger partial charge in [0.15, 0.2) is 0 Å². The van der Waals surface area contributed by atoms with Gasteiger partial charge in [0.2, 0.25) is 0 Å². The quantitative estimate of drug-likeness (QED) is 0.596. The maximum absolute atomic E-state index is 10.0.